The molecule has 0 saturated carbocycles. The van der Waals surface area contributed by atoms with Gasteiger partial charge in [-0.1, -0.05) is 0 Å². The van der Waals surface area contributed by atoms with Crippen LogP contribution in [0.15, 0.2) is 63.2 Å². The maximum Gasteiger partial charge on any atom is 0.296 e. The number of fused-ring (bicyclic) bond motifs is 1. The van der Waals surface area contributed by atoms with Crippen molar-refractivity contribution in [2.45, 2.75) is 12.6 Å². The molecule has 0 spiro atoms. The van der Waals surface area contributed by atoms with Crippen LogP contribution in [0.25, 0.3) is 5.76 Å². The van der Waals surface area contributed by atoms with Crippen LogP contribution >= 0.6 is 15.9 Å². The summed E-state index contributed by atoms with van der Waals surface area (Å²) in [5.41, 5.74) is 0.620. The van der Waals surface area contributed by atoms with E-state index in [1.807, 2.05) is 0 Å². The third kappa shape index (κ3) is 3.99. The zero-order valence-electron chi connectivity index (χ0n) is 18.5. The number of aromatic hydroxyl groups is 1. The Morgan fingerprint density at radius 2 is 1.91 bits per heavy atom. The molecule has 3 aromatic rings. The van der Waals surface area contributed by atoms with Crippen molar-refractivity contribution in [3.63, 3.8) is 0 Å². The molecule has 0 bridgehead atoms. The fourth-order valence-corrected chi connectivity index (χ4v) is 4.67. The standard InChI is InChI=1S/C25H20BrNO8/c1-32-19-11-14(9-16(26)23(19)29)21-20(24(30)25(31)27(21)12-15-3-2-6-33-15)22(28)13-4-5-17-18(10-13)35-8-7-34-17/h2-6,9-11,21,28-29H,7-8,12H2,1H3/b22-20+/t21-/m0/s1. The third-order valence-electron chi connectivity index (χ3n) is 5.85. The topological polar surface area (TPSA) is 119 Å². The fraction of sp³-hybridized carbons (Fsp3) is 0.200. The highest BCUT2D eigenvalue weighted by molar-refractivity contribution is 9.10. The molecule has 1 fully saturated rings. The number of furan rings is 1. The van der Waals surface area contributed by atoms with Crippen LogP contribution in [-0.2, 0) is 16.1 Å². The molecule has 9 nitrogen and oxygen atoms in total. The van der Waals surface area contributed by atoms with E-state index >= 15 is 0 Å². The summed E-state index contributed by atoms with van der Waals surface area (Å²) in [6.07, 6.45) is 1.47. The number of phenolic OH excluding ortho intramolecular Hbond substituents is 1. The van der Waals surface area contributed by atoms with Gasteiger partial charge in [0.25, 0.3) is 11.7 Å². The quantitative estimate of drug-likeness (QED) is 0.281. The lowest BCUT2D eigenvalue weighted by molar-refractivity contribution is -0.140. The minimum absolute atomic E-state index is 0.0129. The normalized spacial score (nSPS) is 18.7. The first-order chi connectivity index (χ1) is 16.9. The lowest BCUT2D eigenvalue weighted by atomic mass is 9.94. The molecule has 2 N–H and O–H groups in total. The van der Waals surface area contributed by atoms with Gasteiger partial charge in [-0.15, -0.1) is 0 Å². The Balaban J connectivity index is 1.68. The summed E-state index contributed by atoms with van der Waals surface area (Å²) < 4.78 is 22.1. The van der Waals surface area contributed by atoms with Gasteiger partial charge in [-0.05, 0) is 64.0 Å². The van der Waals surface area contributed by atoms with Gasteiger partial charge in [0.05, 0.1) is 36.0 Å². The van der Waals surface area contributed by atoms with E-state index < -0.39 is 17.7 Å². The Morgan fingerprint density at radius 1 is 1.14 bits per heavy atom. The molecule has 0 unspecified atom stereocenters. The van der Waals surface area contributed by atoms with Crippen LogP contribution in [-0.4, -0.2) is 47.1 Å². The molecule has 2 aliphatic heterocycles. The lowest BCUT2D eigenvalue weighted by Gasteiger charge is -2.25. The van der Waals surface area contributed by atoms with Crippen LogP contribution < -0.4 is 14.2 Å². The van der Waals surface area contributed by atoms with Crippen LogP contribution in [0, 0.1) is 0 Å². The Hall–Kier alpha value is -3.92. The number of ketones is 1. The van der Waals surface area contributed by atoms with Crippen molar-refractivity contribution >= 4 is 33.4 Å². The minimum Gasteiger partial charge on any atom is -0.507 e. The average molecular weight is 542 g/mol. The summed E-state index contributed by atoms with van der Waals surface area (Å²) in [6.45, 7) is 0.751. The molecule has 5 rings (SSSR count). The zero-order valence-corrected chi connectivity index (χ0v) is 20.1. The van der Waals surface area contributed by atoms with Gasteiger partial charge < -0.3 is 33.7 Å². The summed E-state index contributed by atoms with van der Waals surface area (Å²) in [7, 11) is 1.39. The highest BCUT2D eigenvalue weighted by Gasteiger charge is 2.47. The molecule has 2 aromatic carbocycles. The van der Waals surface area contributed by atoms with Crippen molar-refractivity contribution < 1.29 is 38.4 Å². The highest BCUT2D eigenvalue weighted by Crippen LogP contribution is 2.45. The van der Waals surface area contributed by atoms with Gasteiger partial charge in [-0.3, -0.25) is 9.59 Å². The third-order valence-corrected chi connectivity index (χ3v) is 6.45. The number of ether oxygens (including phenoxy) is 3. The SMILES string of the molecule is COc1cc([C@H]2/C(=C(\O)c3ccc4c(c3)OCCO4)C(=O)C(=O)N2Cc2ccco2)cc(Br)c1O. The summed E-state index contributed by atoms with van der Waals surface area (Å²) in [6, 6.07) is 10.3. The number of carbonyl (C=O) groups is 2. The Kier molecular flexibility index (Phi) is 5.89. The van der Waals surface area contributed by atoms with Gasteiger partial charge in [0.15, 0.2) is 23.0 Å². The van der Waals surface area contributed by atoms with Gasteiger partial charge in [0, 0.05) is 5.56 Å². The number of aliphatic hydroxyl groups excluding tert-OH is 1. The monoisotopic (exact) mass is 541 g/mol. The van der Waals surface area contributed by atoms with E-state index in [0.29, 0.717) is 46.1 Å². The highest BCUT2D eigenvalue weighted by atomic mass is 79.9. The molecule has 1 atom stereocenters. The number of rotatable bonds is 5. The molecule has 1 aromatic heterocycles. The summed E-state index contributed by atoms with van der Waals surface area (Å²) in [5.74, 6) is -0.601. The van der Waals surface area contributed by atoms with Gasteiger partial charge in [-0.25, -0.2) is 0 Å². The van der Waals surface area contributed by atoms with E-state index in [1.54, 1.807) is 36.4 Å². The van der Waals surface area contributed by atoms with Crippen LogP contribution in [0.1, 0.15) is 22.9 Å². The second kappa shape index (κ2) is 9.03. The Labute approximate surface area is 208 Å². The number of benzene rings is 2. The van der Waals surface area contributed by atoms with Gasteiger partial charge in [0.1, 0.15) is 24.7 Å². The first-order valence-electron chi connectivity index (χ1n) is 10.7. The number of halogens is 1. The van der Waals surface area contributed by atoms with Gasteiger partial charge >= 0.3 is 0 Å². The van der Waals surface area contributed by atoms with Crippen molar-refractivity contribution in [2.24, 2.45) is 0 Å². The summed E-state index contributed by atoms with van der Waals surface area (Å²) >= 11 is 3.29. The van der Waals surface area contributed by atoms with E-state index in [1.165, 1.54) is 24.3 Å². The van der Waals surface area contributed by atoms with E-state index in [4.69, 9.17) is 18.6 Å². The van der Waals surface area contributed by atoms with Crippen LogP contribution in [0.4, 0.5) is 0 Å². The average Bonchev–Trinajstić information content (AvgIpc) is 3.47. The molecular formula is C25H20BrNO8. The van der Waals surface area contributed by atoms with Crippen molar-refractivity contribution in [1.29, 1.82) is 0 Å². The van der Waals surface area contributed by atoms with Gasteiger partial charge in [-0.2, -0.15) is 0 Å². The first-order valence-corrected chi connectivity index (χ1v) is 11.5. The zero-order chi connectivity index (χ0) is 24.7. The number of aliphatic hydroxyl groups is 1. The number of Topliss-reactive ketones (excluding diaryl/α,β-unsaturated/α-hetero) is 1. The second-order valence-corrected chi connectivity index (χ2v) is 8.77. The second-order valence-electron chi connectivity index (χ2n) is 7.92. The van der Waals surface area contributed by atoms with Crippen molar-refractivity contribution in [3.8, 4) is 23.0 Å². The van der Waals surface area contributed by atoms with Crippen LogP contribution in [0.2, 0.25) is 0 Å². The largest absolute Gasteiger partial charge is 0.507 e. The molecule has 2 aliphatic rings. The summed E-state index contributed by atoms with van der Waals surface area (Å²) in [5, 5.41) is 21.6. The maximum absolute atomic E-state index is 13.2. The number of hydrogen-bond donors (Lipinski definition) is 2. The predicted octanol–water partition coefficient (Wildman–Crippen LogP) is 4.15. The number of methoxy groups -OCH3 is 1. The number of hydrogen-bond acceptors (Lipinski definition) is 8. The molecule has 3 heterocycles. The molecule has 180 valence electrons. The van der Waals surface area contributed by atoms with Gasteiger partial charge in [0.2, 0.25) is 0 Å². The number of likely N-dealkylation sites (tertiary alicyclic amines) is 1. The van der Waals surface area contributed by atoms with E-state index in [-0.39, 0.29) is 29.4 Å². The fourth-order valence-electron chi connectivity index (χ4n) is 4.21. The first kappa shape index (κ1) is 22.9. The van der Waals surface area contributed by atoms with Crippen molar-refractivity contribution in [3.05, 3.63) is 75.7 Å². The molecule has 10 heteroatoms. The number of nitrogens with zero attached hydrogens (tertiary/aromatic N) is 1. The summed E-state index contributed by atoms with van der Waals surface area (Å²) in [4.78, 5) is 27.7. The molecule has 1 amide bonds. The number of amides is 1. The molecule has 0 aliphatic carbocycles. The molecule has 35 heavy (non-hydrogen) atoms. The van der Waals surface area contributed by atoms with Crippen molar-refractivity contribution in [1.82, 2.24) is 4.90 Å². The molecular weight excluding hydrogens is 522 g/mol. The van der Waals surface area contributed by atoms with Crippen LogP contribution in [0.3, 0.4) is 0 Å². The maximum atomic E-state index is 13.2. The molecule has 0 radical (unpaired) electrons. The van der Waals surface area contributed by atoms with Crippen molar-refractivity contribution in [2.75, 3.05) is 20.3 Å². The predicted molar refractivity (Wildman–Crippen MR) is 126 cm³/mol. The Morgan fingerprint density at radius 3 is 2.63 bits per heavy atom. The van der Waals surface area contributed by atoms with E-state index in [0.717, 1.165) is 0 Å². The van der Waals surface area contributed by atoms with E-state index in [2.05, 4.69) is 15.9 Å². The lowest BCUT2D eigenvalue weighted by Crippen LogP contribution is -2.29. The van der Waals surface area contributed by atoms with E-state index in [9.17, 15) is 19.8 Å². The number of phenols is 1. The smallest absolute Gasteiger partial charge is 0.296 e. The Bertz CT molecular complexity index is 1350. The number of carbonyl (C=O) groups excluding carboxylic acids is 2. The molecule has 1 saturated heterocycles. The van der Waals surface area contributed by atoms with Crippen LogP contribution in [0.5, 0.6) is 23.0 Å². The minimum atomic E-state index is -0.987.